The second-order valence-corrected chi connectivity index (χ2v) is 4.34. The molecular weight excluding hydrogens is 259 g/mol. The minimum absolute atomic E-state index is 0.0543. The molecule has 5 heteroatoms. The van der Waals surface area contributed by atoms with E-state index in [-0.39, 0.29) is 18.2 Å². The van der Waals surface area contributed by atoms with Gasteiger partial charge in [-0.15, -0.1) is 0 Å². The molecule has 2 N–H and O–H groups in total. The maximum absolute atomic E-state index is 13.1. The average Bonchev–Trinajstić information content (AvgIpc) is 2.47. The molecule has 1 aromatic heterocycles. The van der Waals surface area contributed by atoms with Crippen molar-refractivity contribution < 1.29 is 14.3 Å². The van der Waals surface area contributed by atoms with Gasteiger partial charge in [-0.1, -0.05) is 30.3 Å². The third-order valence-electron chi connectivity index (χ3n) is 2.89. The smallest absolute Gasteiger partial charge is 0.253 e. The Morgan fingerprint density at radius 2 is 2.05 bits per heavy atom. The van der Waals surface area contributed by atoms with Gasteiger partial charge in [0.15, 0.2) is 0 Å². The Balaban J connectivity index is 2.14. The van der Waals surface area contributed by atoms with Gasteiger partial charge in [0, 0.05) is 12.8 Å². The molecule has 1 atom stereocenters. The molecular formula is C15H15FN2O2. The van der Waals surface area contributed by atoms with Crippen molar-refractivity contribution in [1.82, 2.24) is 10.3 Å². The van der Waals surface area contributed by atoms with Gasteiger partial charge in [-0.2, -0.15) is 0 Å². The molecule has 0 aliphatic carbocycles. The number of nitrogens with one attached hydrogen (secondary N) is 1. The number of aromatic nitrogens is 1. The molecule has 0 unspecified atom stereocenters. The van der Waals surface area contributed by atoms with Crippen molar-refractivity contribution in [3.8, 4) is 0 Å². The summed E-state index contributed by atoms with van der Waals surface area (Å²) in [6, 6.07) is 10.1. The van der Waals surface area contributed by atoms with E-state index in [1.54, 1.807) is 0 Å². The Hall–Kier alpha value is -2.27. The predicted molar refractivity (Wildman–Crippen MR) is 72.5 cm³/mol. The summed E-state index contributed by atoms with van der Waals surface area (Å²) >= 11 is 0. The maximum Gasteiger partial charge on any atom is 0.253 e. The number of aliphatic hydroxyl groups excluding tert-OH is 1. The Bertz CT molecular complexity index is 575. The van der Waals surface area contributed by atoms with Crippen LogP contribution in [0.3, 0.4) is 0 Å². The number of pyridine rings is 1. The van der Waals surface area contributed by atoms with Crippen molar-refractivity contribution in [1.29, 1.82) is 0 Å². The summed E-state index contributed by atoms with van der Waals surface area (Å²) in [4.78, 5) is 15.7. The summed E-state index contributed by atoms with van der Waals surface area (Å²) in [7, 11) is 0. The first-order valence-corrected chi connectivity index (χ1v) is 6.28. The molecule has 0 spiro atoms. The normalized spacial score (nSPS) is 11.9. The second kappa shape index (κ2) is 6.77. The van der Waals surface area contributed by atoms with Crippen LogP contribution in [-0.2, 0) is 0 Å². The first-order chi connectivity index (χ1) is 9.70. The highest BCUT2D eigenvalue weighted by molar-refractivity contribution is 5.94. The number of rotatable bonds is 5. The van der Waals surface area contributed by atoms with Crippen molar-refractivity contribution in [2.75, 3.05) is 6.61 Å². The van der Waals surface area contributed by atoms with Crippen molar-refractivity contribution in [2.24, 2.45) is 0 Å². The first-order valence-electron chi connectivity index (χ1n) is 6.28. The summed E-state index contributed by atoms with van der Waals surface area (Å²) in [5, 5.41) is 11.9. The second-order valence-electron chi connectivity index (χ2n) is 4.34. The molecule has 0 aliphatic rings. The van der Waals surface area contributed by atoms with Crippen LogP contribution in [0.4, 0.5) is 4.39 Å². The summed E-state index contributed by atoms with van der Waals surface area (Å²) in [5.74, 6) is -0.977. The number of hydrogen-bond donors (Lipinski definition) is 2. The SMILES string of the molecule is O=C(N[C@@H](CCO)c1ccccc1)c1cncc(F)c1. The number of amides is 1. The lowest BCUT2D eigenvalue weighted by Crippen LogP contribution is -2.29. The zero-order valence-corrected chi connectivity index (χ0v) is 10.8. The molecule has 20 heavy (non-hydrogen) atoms. The van der Waals surface area contributed by atoms with Crippen LogP contribution in [0, 0.1) is 5.82 Å². The van der Waals surface area contributed by atoms with E-state index in [2.05, 4.69) is 10.3 Å². The van der Waals surface area contributed by atoms with Crippen LogP contribution >= 0.6 is 0 Å². The van der Waals surface area contributed by atoms with E-state index in [0.29, 0.717) is 6.42 Å². The number of benzene rings is 1. The van der Waals surface area contributed by atoms with Crippen LogP contribution in [0.1, 0.15) is 28.4 Å². The van der Waals surface area contributed by atoms with E-state index in [0.717, 1.165) is 17.8 Å². The largest absolute Gasteiger partial charge is 0.396 e. The first kappa shape index (κ1) is 14.1. The van der Waals surface area contributed by atoms with Crippen LogP contribution in [0.2, 0.25) is 0 Å². The molecule has 1 amide bonds. The molecule has 1 heterocycles. The van der Waals surface area contributed by atoms with Gasteiger partial charge in [0.1, 0.15) is 5.82 Å². The monoisotopic (exact) mass is 274 g/mol. The summed E-state index contributed by atoms with van der Waals surface area (Å²) in [6.45, 7) is -0.0543. The minimum Gasteiger partial charge on any atom is -0.396 e. The van der Waals surface area contributed by atoms with E-state index in [9.17, 15) is 9.18 Å². The summed E-state index contributed by atoms with van der Waals surface area (Å²) in [5.41, 5.74) is 1.04. The number of aliphatic hydroxyl groups is 1. The summed E-state index contributed by atoms with van der Waals surface area (Å²) < 4.78 is 13.1. The van der Waals surface area contributed by atoms with E-state index in [1.165, 1.54) is 6.20 Å². The highest BCUT2D eigenvalue weighted by Gasteiger charge is 2.15. The lowest BCUT2D eigenvalue weighted by atomic mass is 10.0. The number of halogens is 1. The molecule has 4 nitrogen and oxygen atoms in total. The van der Waals surface area contributed by atoms with Gasteiger partial charge in [-0.3, -0.25) is 9.78 Å². The highest BCUT2D eigenvalue weighted by Crippen LogP contribution is 2.16. The molecule has 2 aromatic rings. The summed E-state index contributed by atoms with van der Waals surface area (Å²) in [6.07, 6.45) is 2.73. The molecule has 2 rings (SSSR count). The van der Waals surface area contributed by atoms with Crippen LogP contribution in [0.5, 0.6) is 0 Å². The van der Waals surface area contributed by atoms with E-state index in [1.807, 2.05) is 30.3 Å². The Morgan fingerprint density at radius 1 is 1.30 bits per heavy atom. The average molecular weight is 274 g/mol. The zero-order valence-electron chi connectivity index (χ0n) is 10.8. The van der Waals surface area contributed by atoms with Crippen molar-refractivity contribution in [2.45, 2.75) is 12.5 Å². The van der Waals surface area contributed by atoms with Crippen LogP contribution in [0.15, 0.2) is 48.8 Å². The quantitative estimate of drug-likeness (QED) is 0.877. The van der Waals surface area contributed by atoms with Gasteiger partial charge >= 0.3 is 0 Å². The third kappa shape index (κ3) is 3.61. The highest BCUT2D eigenvalue weighted by atomic mass is 19.1. The van der Waals surface area contributed by atoms with Crippen molar-refractivity contribution in [3.05, 3.63) is 65.7 Å². The Kier molecular flexibility index (Phi) is 4.79. The van der Waals surface area contributed by atoms with Gasteiger partial charge in [0.05, 0.1) is 17.8 Å². The molecule has 104 valence electrons. The fourth-order valence-electron chi connectivity index (χ4n) is 1.91. The molecule has 0 aliphatic heterocycles. The number of hydrogen-bond acceptors (Lipinski definition) is 3. The molecule has 0 saturated heterocycles. The lowest BCUT2D eigenvalue weighted by molar-refractivity contribution is 0.0929. The van der Waals surface area contributed by atoms with E-state index in [4.69, 9.17) is 5.11 Å². The fraction of sp³-hybridized carbons (Fsp3) is 0.200. The van der Waals surface area contributed by atoms with E-state index >= 15 is 0 Å². The van der Waals surface area contributed by atoms with Gasteiger partial charge < -0.3 is 10.4 Å². The number of nitrogens with zero attached hydrogens (tertiary/aromatic N) is 1. The third-order valence-corrected chi connectivity index (χ3v) is 2.89. The Labute approximate surface area is 116 Å². The molecule has 0 saturated carbocycles. The topological polar surface area (TPSA) is 62.2 Å². The van der Waals surface area contributed by atoms with Crippen LogP contribution in [-0.4, -0.2) is 22.6 Å². The van der Waals surface area contributed by atoms with Crippen LogP contribution in [0.25, 0.3) is 0 Å². The lowest BCUT2D eigenvalue weighted by Gasteiger charge is -2.18. The van der Waals surface area contributed by atoms with Crippen molar-refractivity contribution >= 4 is 5.91 Å². The van der Waals surface area contributed by atoms with E-state index < -0.39 is 11.7 Å². The molecule has 1 aromatic carbocycles. The van der Waals surface area contributed by atoms with Gasteiger partial charge in [0.25, 0.3) is 5.91 Å². The molecule has 0 radical (unpaired) electrons. The Morgan fingerprint density at radius 3 is 2.70 bits per heavy atom. The minimum atomic E-state index is -0.559. The standard InChI is InChI=1S/C15H15FN2O2/c16-13-8-12(9-17-10-13)15(20)18-14(6-7-19)11-4-2-1-3-5-11/h1-5,8-10,14,19H,6-7H2,(H,18,20)/t14-/m0/s1. The maximum atomic E-state index is 13.1. The zero-order chi connectivity index (χ0) is 14.4. The number of carbonyl (C=O) groups is 1. The van der Waals surface area contributed by atoms with Gasteiger partial charge in [-0.05, 0) is 18.1 Å². The van der Waals surface area contributed by atoms with Gasteiger partial charge in [0.2, 0.25) is 0 Å². The number of carbonyl (C=O) groups excluding carboxylic acids is 1. The molecule has 0 bridgehead atoms. The predicted octanol–water partition coefficient (Wildman–Crippen LogP) is 2.07. The fourth-order valence-corrected chi connectivity index (χ4v) is 1.91. The molecule has 0 fully saturated rings. The van der Waals surface area contributed by atoms with Crippen LogP contribution < -0.4 is 5.32 Å². The van der Waals surface area contributed by atoms with Gasteiger partial charge in [-0.25, -0.2) is 4.39 Å². The van der Waals surface area contributed by atoms with Crippen molar-refractivity contribution in [3.63, 3.8) is 0 Å².